The van der Waals surface area contributed by atoms with Crippen molar-refractivity contribution in [3.8, 4) is 17.1 Å². The van der Waals surface area contributed by atoms with Gasteiger partial charge in [-0.2, -0.15) is 0 Å². The number of nitrogens with zero attached hydrogens (tertiary/aromatic N) is 2. The Bertz CT molecular complexity index is 997. The normalized spacial score (nSPS) is 10.9. The number of aromatic nitrogens is 2. The first-order valence-electron chi connectivity index (χ1n) is 7.74. The lowest BCUT2D eigenvalue weighted by molar-refractivity contribution is 0.426. The lowest BCUT2D eigenvalue weighted by atomic mass is 9.77. The first kappa shape index (κ1) is 14.7. The Morgan fingerprint density at radius 3 is 2.21 bits per heavy atom. The molecule has 0 aliphatic heterocycles. The summed E-state index contributed by atoms with van der Waals surface area (Å²) in [6.07, 6.45) is 0. The Labute approximate surface area is 139 Å². The van der Waals surface area contributed by atoms with Gasteiger partial charge in [0.15, 0.2) is 0 Å². The average Bonchev–Trinajstić information content (AvgIpc) is 3.01. The van der Waals surface area contributed by atoms with E-state index in [-0.39, 0.29) is 0 Å². The number of hydrogen-bond donors (Lipinski definition) is 2. The molecule has 4 rings (SSSR count). The van der Waals surface area contributed by atoms with Gasteiger partial charge >= 0.3 is 7.12 Å². The molecule has 116 valence electrons. The van der Waals surface area contributed by atoms with Crippen LogP contribution in [-0.2, 0) is 0 Å². The summed E-state index contributed by atoms with van der Waals surface area (Å²) in [4.78, 5) is 4.74. The van der Waals surface area contributed by atoms with Crippen LogP contribution in [0.2, 0.25) is 0 Å². The Morgan fingerprint density at radius 2 is 1.42 bits per heavy atom. The highest BCUT2D eigenvalue weighted by molar-refractivity contribution is 6.60. The largest absolute Gasteiger partial charge is 0.489 e. The molecule has 1 heterocycles. The predicted molar refractivity (Wildman–Crippen MR) is 96.3 cm³/mol. The van der Waals surface area contributed by atoms with E-state index in [1.165, 1.54) is 0 Å². The van der Waals surface area contributed by atoms with Crippen molar-refractivity contribution in [1.29, 1.82) is 0 Å². The molecule has 0 fully saturated rings. The van der Waals surface area contributed by atoms with E-state index in [0.717, 1.165) is 16.7 Å². The number of para-hydroxylation sites is 3. The van der Waals surface area contributed by atoms with Crippen LogP contribution in [0.5, 0.6) is 0 Å². The predicted octanol–water partition coefficient (Wildman–Crippen LogP) is 2.37. The van der Waals surface area contributed by atoms with Gasteiger partial charge in [-0.1, -0.05) is 54.6 Å². The minimum absolute atomic E-state index is 0.435. The summed E-state index contributed by atoms with van der Waals surface area (Å²) in [7, 11) is -1.55. The molecule has 1 aromatic heterocycles. The third kappa shape index (κ3) is 2.40. The molecule has 0 aliphatic carbocycles. The van der Waals surface area contributed by atoms with Gasteiger partial charge in [0.1, 0.15) is 5.82 Å². The van der Waals surface area contributed by atoms with Gasteiger partial charge in [-0.3, -0.25) is 4.57 Å². The highest BCUT2D eigenvalue weighted by Crippen LogP contribution is 2.27. The van der Waals surface area contributed by atoms with E-state index < -0.39 is 7.12 Å². The molecule has 0 bridgehead atoms. The third-order valence-corrected chi connectivity index (χ3v) is 4.06. The second kappa shape index (κ2) is 5.96. The van der Waals surface area contributed by atoms with E-state index in [1.54, 1.807) is 12.1 Å². The zero-order chi connectivity index (χ0) is 16.5. The van der Waals surface area contributed by atoms with Crippen LogP contribution in [0, 0.1) is 0 Å². The third-order valence-electron chi connectivity index (χ3n) is 4.06. The Kier molecular flexibility index (Phi) is 3.65. The van der Waals surface area contributed by atoms with Gasteiger partial charge in [-0.05, 0) is 29.7 Å². The maximum absolute atomic E-state index is 9.72. The summed E-state index contributed by atoms with van der Waals surface area (Å²) >= 11 is 0. The summed E-state index contributed by atoms with van der Waals surface area (Å²) in [5.74, 6) is 0.686. The lowest BCUT2D eigenvalue weighted by Crippen LogP contribution is -2.31. The number of hydrogen-bond acceptors (Lipinski definition) is 3. The summed E-state index contributed by atoms with van der Waals surface area (Å²) in [5.41, 5.74) is 3.94. The van der Waals surface area contributed by atoms with Crippen molar-refractivity contribution in [3.05, 3.63) is 78.9 Å². The van der Waals surface area contributed by atoms with Crippen LogP contribution in [0.15, 0.2) is 78.9 Å². The second-order valence-corrected chi connectivity index (χ2v) is 5.56. The molecule has 0 saturated heterocycles. The number of rotatable bonds is 3. The quantitative estimate of drug-likeness (QED) is 0.571. The van der Waals surface area contributed by atoms with Crippen LogP contribution < -0.4 is 5.46 Å². The molecule has 0 saturated carbocycles. The Balaban J connectivity index is 2.07. The van der Waals surface area contributed by atoms with Crippen molar-refractivity contribution in [1.82, 2.24) is 9.55 Å². The summed E-state index contributed by atoms with van der Waals surface area (Å²) in [6, 6.07) is 25.0. The monoisotopic (exact) mass is 314 g/mol. The smallest absolute Gasteiger partial charge is 0.423 e. The zero-order valence-electron chi connectivity index (χ0n) is 12.9. The summed E-state index contributed by atoms with van der Waals surface area (Å²) in [6.45, 7) is 0. The fraction of sp³-hybridized carbons (Fsp3) is 0. The minimum atomic E-state index is -1.55. The zero-order valence-corrected chi connectivity index (χ0v) is 12.9. The summed E-state index contributed by atoms with van der Waals surface area (Å²) < 4.78 is 2.04. The molecule has 5 heteroatoms. The van der Waals surface area contributed by atoms with Crippen molar-refractivity contribution >= 4 is 23.6 Å². The van der Waals surface area contributed by atoms with E-state index in [0.29, 0.717) is 16.9 Å². The van der Waals surface area contributed by atoms with Crippen LogP contribution >= 0.6 is 0 Å². The molecule has 2 N–H and O–H groups in total. The van der Waals surface area contributed by atoms with Gasteiger partial charge in [0.05, 0.1) is 11.0 Å². The van der Waals surface area contributed by atoms with Crippen molar-refractivity contribution in [2.75, 3.05) is 0 Å². The average molecular weight is 314 g/mol. The van der Waals surface area contributed by atoms with Gasteiger partial charge in [0.2, 0.25) is 0 Å². The van der Waals surface area contributed by atoms with E-state index >= 15 is 0 Å². The van der Waals surface area contributed by atoms with Crippen LogP contribution in [-0.4, -0.2) is 26.7 Å². The van der Waals surface area contributed by atoms with Crippen LogP contribution in [0.1, 0.15) is 0 Å². The first-order chi connectivity index (χ1) is 11.8. The second-order valence-electron chi connectivity index (χ2n) is 5.56. The van der Waals surface area contributed by atoms with Crippen molar-refractivity contribution in [2.24, 2.45) is 0 Å². The number of benzene rings is 3. The molecule has 0 spiro atoms. The molecule has 0 radical (unpaired) electrons. The molecule has 0 amide bonds. The van der Waals surface area contributed by atoms with Crippen LogP contribution in [0.3, 0.4) is 0 Å². The van der Waals surface area contributed by atoms with Gasteiger partial charge in [-0.25, -0.2) is 4.98 Å². The molecular formula is C19H15BN2O2. The molecule has 24 heavy (non-hydrogen) atoms. The molecular weight excluding hydrogens is 299 g/mol. The maximum Gasteiger partial charge on any atom is 0.489 e. The Morgan fingerprint density at radius 1 is 0.750 bits per heavy atom. The maximum atomic E-state index is 9.72. The fourth-order valence-electron chi connectivity index (χ4n) is 2.97. The molecule has 4 aromatic rings. The van der Waals surface area contributed by atoms with E-state index in [4.69, 9.17) is 4.98 Å². The minimum Gasteiger partial charge on any atom is -0.423 e. The highest BCUT2D eigenvalue weighted by Gasteiger charge is 2.21. The van der Waals surface area contributed by atoms with E-state index in [9.17, 15) is 10.0 Å². The van der Waals surface area contributed by atoms with Gasteiger partial charge in [-0.15, -0.1) is 0 Å². The highest BCUT2D eigenvalue weighted by atomic mass is 16.4. The molecule has 0 unspecified atom stereocenters. The number of imidazole rings is 1. The molecule has 0 atom stereocenters. The SMILES string of the molecule is OB(O)c1ccccc1-c1nc2ccccc2n1-c1ccccc1. The van der Waals surface area contributed by atoms with Crippen molar-refractivity contribution in [2.45, 2.75) is 0 Å². The Hall–Kier alpha value is -2.89. The molecule has 0 aliphatic rings. The van der Waals surface area contributed by atoms with E-state index in [1.807, 2.05) is 71.3 Å². The van der Waals surface area contributed by atoms with Gasteiger partial charge in [0.25, 0.3) is 0 Å². The topological polar surface area (TPSA) is 58.3 Å². The van der Waals surface area contributed by atoms with Crippen LogP contribution in [0.4, 0.5) is 0 Å². The van der Waals surface area contributed by atoms with Crippen molar-refractivity contribution in [3.63, 3.8) is 0 Å². The number of fused-ring (bicyclic) bond motifs is 1. The van der Waals surface area contributed by atoms with Crippen LogP contribution in [0.25, 0.3) is 28.1 Å². The van der Waals surface area contributed by atoms with Gasteiger partial charge in [0, 0.05) is 11.3 Å². The fourth-order valence-corrected chi connectivity index (χ4v) is 2.97. The lowest BCUT2D eigenvalue weighted by Gasteiger charge is -2.12. The van der Waals surface area contributed by atoms with E-state index in [2.05, 4.69) is 0 Å². The standard InChI is InChI=1S/C19H15BN2O2/c23-20(24)16-11-5-4-10-15(16)19-21-17-12-6-7-13-18(17)22(19)14-8-2-1-3-9-14/h1-13,23-24H. The first-order valence-corrected chi connectivity index (χ1v) is 7.74. The molecule has 3 aromatic carbocycles. The van der Waals surface area contributed by atoms with Gasteiger partial charge < -0.3 is 10.0 Å². The molecule has 4 nitrogen and oxygen atoms in total. The summed E-state index contributed by atoms with van der Waals surface area (Å²) in [5, 5.41) is 19.4. The van der Waals surface area contributed by atoms with Crippen molar-refractivity contribution < 1.29 is 10.0 Å².